The predicted molar refractivity (Wildman–Crippen MR) is 50.9 cm³/mol. The molecule has 0 spiro atoms. The summed E-state index contributed by atoms with van der Waals surface area (Å²) in [6, 6.07) is 5.24. The van der Waals surface area contributed by atoms with E-state index in [2.05, 4.69) is 10.5 Å². The lowest BCUT2D eigenvalue weighted by molar-refractivity contribution is -0.129. The minimum Gasteiger partial charge on any atom is -0.476 e. The second-order valence-electron chi connectivity index (χ2n) is 2.33. The molecule has 0 unspecified atom stereocenters. The van der Waals surface area contributed by atoms with Crippen LogP contribution in [0.4, 0.5) is 10.1 Å². The number of nitrogens with one attached hydrogen (secondary N) is 1. The van der Waals surface area contributed by atoms with Crippen molar-refractivity contribution in [1.82, 2.24) is 0 Å². The van der Waals surface area contributed by atoms with Gasteiger partial charge in [0, 0.05) is 0 Å². The summed E-state index contributed by atoms with van der Waals surface area (Å²) < 4.78 is 12.4. The van der Waals surface area contributed by atoms with Crippen LogP contribution >= 0.6 is 11.6 Å². The van der Waals surface area contributed by atoms with E-state index in [1.807, 2.05) is 0 Å². The fourth-order valence-electron chi connectivity index (χ4n) is 0.686. The summed E-state index contributed by atoms with van der Waals surface area (Å²) in [6.07, 6.45) is 0. The Balaban J connectivity index is 2.66. The van der Waals surface area contributed by atoms with Crippen LogP contribution < -0.4 is 5.43 Å². The summed E-state index contributed by atoms with van der Waals surface area (Å²) in [5.74, 6) is -1.72. The molecule has 0 aliphatic carbocycles. The monoisotopic (exact) mass is 216 g/mol. The van der Waals surface area contributed by atoms with Crippen molar-refractivity contribution in [3.63, 3.8) is 0 Å². The molecule has 1 aromatic carbocycles. The highest BCUT2D eigenvalue weighted by Crippen LogP contribution is 2.08. The van der Waals surface area contributed by atoms with Gasteiger partial charge in [0.05, 0.1) is 5.69 Å². The molecule has 74 valence electrons. The van der Waals surface area contributed by atoms with Crippen molar-refractivity contribution in [1.29, 1.82) is 0 Å². The lowest BCUT2D eigenvalue weighted by atomic mass is 10.3. The molecule has 0 atom stereocenters. The number of hydrogen-bond donors (Lipinski definition) is 2. The van der Waals surface area contributed by atoms with Gasteiger partial charge in [-0.3, -0.25) is 5.43 Å². The van der Waals surface area contributed by atoms with E-state index in [9.17, 15) is 9.18 Å². The van der Waals surface area contributed by atoms with E-state index in [4.69, 9.17) is 16.7 Å². The van der Waals surface area contributed by atoms with E-state index in [1.54, 1.807) is 0 Å². The number of benzene rings is 1. The number of carbonyl (C=O) groups is 1. The first-order valence-corrected chi connectivity index (χ1v) is 3.95. The van der Waals surface area contributed by atoms with Crippen molar-refractivity contribution in [2.24, 2.45) is 5.10 Å². The standard InChI is InChI=1S/C8H6ClFN2O2/c9-7(8(13)14)12-11-6-3-1-5(10)2-4-6/h1-4,11H,(H,13,14)/b12-7+. The summed E-state index contributed by atoms with van der Waals surface area (Å²) in [5.41, 5.74) is 2.81. The first kappa shape index (κ1) is 10.5. The highest BCUT2D eigenvalue weighted by atomic mass is 35.5. The molecule has 0 aliphatic rings. The van der Waals surface area contributed by atoms with Crippen LogP contribution in [0.15, 0.2) is 29.4 Å². The van der Waals surface area contributed by atoms with Crippen molar-refractivity contribution < 1.29 is 14.3 Å². The number of anilines is 1. The lowest BCUT2D eigenvalue weighted by Gasteiger charge is -1.98. The summed E-state index contributed by atoms with van der Waals surface area (Å²) in [7, 11) is 0. The Kier molecular flexibility index (Phi) is 3.41. The SMILES string of the molecule is O=C(O)/C(Cl)=N\Nc1ccc(F)cc1. The van der Waals surface area contributed by atoms with Gasteiger partial charge < -0.3 is 5.11 Å². The molecule has 0 aromatic heterocycles. The molecule has 0 saturated heterocycles. The van der Waals surface area contributed by atoms with Gasteiger partial charge in [-0.15, -0.1) is 0 Å². The summed E-state index contributed by atoms with van der Waals surface area (Å²) in [5, 5.41) is 11.1. The Hall–Kier alpha value is -1.62. The number of rotatable bonds is 3. The number of hydrogen-bond acceptors (Lipinski definition) is 3. The Morgan fingerprint density at radius 3 is 2.50 bits per heavy atom. The summed E-state index contributed by atoms with van der Waals surface area (Å²) in [6.45, 7) is 0. The Morgan fingerprint density at radius 1 is 1.43 bits per heavy atom. The van der Waals surface area contributed by atoms with Crippen molar-refractivity contribution in [3.05, 3.63) is 30.1 Å². The van der Waals surface area contributed by atoms with Gasteiger partial charge >= 0.3 is 5.97 Å². The van der Waals surface area contributed by atoms with Gasteiger partial charge in [0.25, 0.3) is 0 Å². The largest absolute Gasteiger partial charge is 0.476 e. The van der Waals surface area contributed by atoms with Crippen LogP contribution in [0.5, 0.6) is 0 Å². The third-order valence-electron chi connectivity index (χ3n) is 1.30. The van der Waals surface area contributed by atoms with E-state index in [0.717, 1.165) is 0 Å². The van der Waals surface area contributed by atoms with Crippen LogP contribution in [0.3, 0.4) is 0 Å². The van der Waals surface area contributed by atoms with Gasteiger partial charge in [-0.05, 0) is 24.3 Å². The normalized spacial score (nSPS) is 11.1. The van der Waals surface area contributed by atoms with E-state index in [-0.39, 0.29) is 5.82 Å². The highest BCUT2D eigenvalue weighted by Gasteiger charge is 2.03. The van der Waals surface area contributed by atoms with Gasteiger partial charge in [-0.2, -0.15) is 5.10 Å². The zero-order chi connectivity index (χ0) is 10.6. The van der Waals surface area contributed by atoms with Gasteiger partial charge in [-0.1, -0.05) is 11.6 Å². The molecule has 0 aliphatic heterocycles. The maximum absolute atomic E-state index is 12.4. The van der Waals surface area contributed by atoms with Crippen LogP contribution in [0.1, 0.15) is 0 Å². The van der Waals surface area contributed by atoms with Crippen LogP contribution in [0.25, 0.3) is 0 Å². The molecule has 6 heteroatoms. The van der Waals surface area contributed by atoms with Crippen LogP contribution in [-0.4, -0.2) is 16.2 Å². The predicted octanol–water partition coefficient (Wildman–Crippen LogP) is 1.87. The van der Waals surface area contributed by atoms with E-state index in [0.29, 0.717) is 5.69 Å². The molecule has 0 radical (unpaired) electrons. The highest BCUT2D eigenvalue weighted by molar-refractivity contribution is 6.81. The summed E-state index contributed by atoms with van der Waals surface area (Å²) >= 11 is 5.21. The van der Waals surface area contributed by atoms with Gasteiger partial charge in [0.2, 0.25) is 5.17 Å². The molecule has 0 saturated carbocycles. The van der Waals surface area contributed by atoms with Crippen LogP contribution in [-0.2, 0) is 4.79 Å². The fraction of sp³-hybridized carbons (Fsp3) is 0. The van der Waals surface area contributed by atoms with Crippen LogP contribution in [0, 0.1) is 5.82 Å². The average molecular weight is 217 g/mol. The lowest BCUT2D eigenvalue weighted by Crippen LogP contribution is -2.07. The van der Waals surface area contributed by atoms with Gasteiger partial charge in [0.15, 0.2) is 0 Å². The van der Waals surface area contributed by atoms with Gasteiger partial charge in [-0.25, -0.2) is 9.18 Å². The first-order valence-electron chi connectivity index (χ1n) is 3.57. The van der Waals surface area contributed by atoms with Crippen molar-refractivity contribution in [3.8, 4) is 0 Å². The molecule has 2 N–H and O–H groups in total. The molecule has 0 heterocycles. The number of aliphatic carboxylic acids is 1. The van der Waals surface area contributed by atoms with E-state index < -0.39 is 11.1 Å². The topological polar surface area (TPSA) is 61.7 Å². The van der Waals surface area contributed by atoms with Crippen molar-refractivity contribution in [2.45, 2.75) is 0 Å². The molecule has 0 bridgehead atoms. The zero-order valence-electron chi connectivity index (χ0n) is 6.87. The molecule has 0 amide bonds. The van der Waals surface area contributed by atoms with E-state index in [1.165, 1.54) is 24.3 Å². The molecule has 1 rings (SSSR count). The third kappa shape index (κ3) is 3.02. The second-order valence-corrected chi connectivity index (χ2v) is 2.68. The minimum atomic E-state index is -1.33. The quantitative estimate of drug-likeness (QED) is 0.599. The minimum absolute atomic E-state index is 0.385. The number of carboxylic acids is 1. The number of hydrazone groups is 1. The molecule has 1 aromatic rings. The summed E-state index contributed by atoms with van der Waals surface area (Å²) in [4.78, 5) is 10.2. The third-order valence-corrected chi connectivity index (χ3v) is 1.55. The van der Waals surface area contributed by atoms with Crippen molar-refractivity contribution >= 4 is 28.4 Å². The molecule has 14 heavy (non-hydrogen) atoms. The first-order chi connectivity index (χ1) is 6.59. The Bertz CT molecular complexity index is 364. The average Bonchev–Trinajstić information content (AvgIpc) is 2.16. The second kappa shape index (κ2) is 4.57. The number of nitrogens with zero attached hydrogens (tertiary/aromatic N) is 1. The Morgan fingerprint density at radius 2 is 2.00 bits per heavy atom. The maximum Gasteiger partial charge on any atom is 0.368 e. The molecule has 4 nitrogen and oxygen atoms in total. The van der Waals surface area contributed by atoms with Gasteiger partial charge in [0.1, 0.15) is 5.82 Å². The fourth-order valence-corrected chi connectivity index (χ4v) is 0.728. The smallest absolute Gasteiger partial charge is 0.368 e. The Labute approximate surface area is 84.0 Å². The molecular weight excluding hydrogens is 211 g/mol. The maximum atomic E-state index is 12.4. The molecular formula is C8H6ClFN2O2. The van der Waals surface area contributed by atoms with E-state index >= 15 is 0 Å². The number of halogens is 2. The van der Waals surface area contributed by atoms with Crippen LogP contribution in [0.2, 0.25) is 0 Å². The zero-order valence-corrected chi connectivity index (χ0v) is 7.62. The molecule has 0 fully saturated rings. The number of carboxylic acid groups (broad SMARTS) is 1. The van der Waals surface area contributed by atoms with Crippen molar-refractivity contribution in [2.75, 3.05) is 5.43 Å².